The van der Waals surface area contributed by atoms with Gasteiger partial charge in [0.15, 0.2) is 0 Å². The minimum absolute atomic E-state index is 0.163. The van der Waals surface area contributed by atoms with Crippen LogP contribution in [0, 0.1) is 13.8 Å². The van der Waals surface area contributed by atoms with Crippen molar-refractivity contribution in [3.8, 4) is 0 Å². The summed E-state index contributed by atoms with van der Waals surface area (Å²) in [6, 6.07) is 16.7. The maximum atomic E-state index is 13.1. The van der Waals surface area contributed by atoms with Gasteiger partial charge in [0.1, 0.15) is 0 Å². The molecule has 4 rings (SSSR count). The zero-order valence-corrected chi connectivity index (χ0v) is 17.6. The Kier molecular flexibility index (Phi) is 6.00. The van der Waals surface area contributed by atoms with Crippen molar-refractivity contribution in [1.82, 2.24) is 14.8 Å². The van der Waals surface area contributed by atoms with Crippen LogP contribution in [0.25, 0.3) is 10.9 Å². The second-order valence-corrected chi connectivity index (χ2v) is 8.21. The minimum Gasteiger partial charge on any atom is -0.358 e. The van der Waals surface area contributed by atoms with E-state index in [1.807, 2.05) is 17.0 Å². The highest BCUT2D eigenvalue weighted by Gasteiger charge is 2.21. The normalized spacial score (nSPS) is 15.6. The van der Waals surface area contributed by atoms with Gasteiger partial charge in [0.05, 0.1) is 0 Å². The van der Waals surface area contributed by atoms with E-state index in [2.05, 4.69) is 60.1 Å². The molecule has 1 aromatic heterocycles. The smallest absolute Gasteiger partial charge is 0.253 e. The van der Waals surface area contributed by atoms with E-state index in [0.29, 0.717) is 0 Å². The van der Waals surface area contributed by atoms with Gasteiger partial charge in [-0.15, -0.1) is 0 Å². The Balaban J connectivity index is 1.34. The van der Waals surface area contributed by atoms with Crippen LogP contribution in [0.4, 0.5) is 0 Å². The zero-order chi connectivity index (χ0) is 20.2. The van der Waals surface area contributed by atoms with Crippen molar-refractivity contribution in [1.29, 1.82) is 0 Å². The molecule has 0 bridgehead atoms. The van der Waals surface area contributed by atoms with Crippen molar-refractivity contribution >= 4 is 16.8 Å². The Morgan fingerprint density at radius 3 is 2.66 bits per heavy atom. The molecule has 0 radical (unpaired) electrons. The van der Waals surface area contributed by atoms with E-state index < -0.39 is 0 Å². The summed E-state index contributed by atoms with van der Waals surface area (Å²) in [5.41, 5.74) is 5.72. The second-order valence-electron chi connectivity index (χ2n) is 8.21. The predicted octanol–water partition coefficient (Wildman–Crippen LogP) is 4.57. The predicted molar refractivity (Wildman–Crippen MR) is 119 cm³/mol. The van der Waals surface area contributed by atoms with Gasteiger partial charge in [-0.3, -0.25) is 4.79 Å². The van der Waals surface area contributed by atoms with Crippen LogP contribution in [0.15, 0.2) is 48.5 Å². The number of hydrogen-bond acceptors (Lipinski definition) is 2. The topological polar surface area (TPSA) is 39.3 Å². The summed E-state index contributed by atoms with van der Waals surface area (Å²) in [7, 11) is 0. The van der Waals surface area contributed by atoms with E-state index in [4.69, 9.17) is 0 Å². The number of aryl methyl sites for hydroxylation is 3. The monoisotopic (exact) mass is 389 g/mol. The van der Waals surface area contributed by atoms with Crippen molar-refractivity contribution in [2.45, 2.75) is 33.1 Å². The molecule has 3 aromatic rings. The molecular formula is C25H31N3O. The number of H-pyrrole nitrogens is 1. The van der Waals surface area contributed by atoms with Crippen LogP contribution in [0.2, 0.25) is 0 Å². The highest BCUT2D eigenvalue weighted by Crippen LogP contribution is 2.23. The molecule has 1 saturated heterocycles. The maximum Gasteiger partial charge on any atom is 0.253 e. The Labute approximate surface area is 173 Å². The van der Waals surface area contributed by atoms with Crippen molar-refractivity contribution in [3.63, 3.8) is 0 Å². The van der Waals surface area contributed by atoms with Gasteiger partial charge < -0.3 is 14.8 Å². The van der Waals surface area contributed by atoms with E-state index in [9.17, 15) is 4.79 Å². The highest BCUT2D eigenvalue weighted by atomic mass is 16.2. The first-order valence-corrected chi connectivity index (χ1v) is 10.8. The third kappa shape index (κ3) is 4.54. The molecule has 29 heavy (non-hydrogen) atoms. The lowest BCUT2D eigenvalue weighted by atomic mass is 10.1. The summed E-state index contributed by atoms with van der Waals surface area (Å²) < 4.78 is 0. The molecule has 4 nitrogen and oxygen atoms in total. The molecule has 0 spiro atoms. The van der Waals surface area contributed by atoms with Crippen molar-refractivity contribution in [3.05, 3.63) is 70.9 Å². The van der Waals surface area contributed by atoms with E-state index in [-0.39, 0.29) is 5.91 Å². The van der Waals surface area contributed by atoms with E-state index >= 15 is 0 Å². The number of nitrogens with one attached hydrogen (secondary N) is 1. The Hall–Kier alpha value is -2.59. The average Bonchev–Trinajstić information content (AvgIpc) is 2.90. The van der Waals surface area contributed by atoms with E-state index in [1.54, 1.807) is 0 Å². The van der Waals surface area contributed by atoms with Gasteiger partial charge in [-0.25, -0.2) is 0 Å². The number of nitrogens with zero attached hydrogens (tertiary/aromatic N) is 2. The molecule has 2 heterocycles. The summed E-state index contributed by atoms with van der Waals surface area (Å²) in [5.74, 6) is 0.163. The lowest BCUT2D eigenvalue weighted by molar-refractivity contribution is 0.0761. The molecule has 0 unspecified atom stereocenters. The van der Waals surface area contributed by atoms with Crippen LogP contribution in [-0.4, -0.2) is 53.4 Å². The third-order valence-electron chi connectivity index (χ3n) is 6.21. The highest BCUT2D eigenvalue weighted by molar-refractivity contribution is 5.99. The number of aromatic nitrogens is 1. The number of benzene rings is 2. The minimum atomic E-state index is 0.163. The lowest BCUT2D eigenvalue weighted by Gasteiger charge is -2.22. The summed E-state index contributed by atoms with van der Waals surface area (Å²) in [5, 5.41) is 1.16. The van der Waals surface area contributed by atoms with Crippen LogP contribution in [0.5, 0.6) is 0 Å². The van der Waals surface area contributed by atoms with Crippen molar-refractivity contribution < 1.29 is 4.79 Å². The number of hydrogen-bond donors (Lipinski definition) is 1. The fourth-order valence-electron chi connectivity index (χ4n) is 4.33. The Bertz CT molecular complexity index is 976. The largest absolute Gasteiger partial charge is 0.358 e. The fourth-order valence-corrected chi connectivity index (χ4v) is 4.33. The van der Waals surface area contributed by atoms with Crippen LogP contribution < -0.4 is 0 Å². The van der Waals surface area contributed by atoms with Gasteiger partial charge in [-0.05, 0) is 75.5 Å². The SMILES string of the molecule is Cc1[nH]c2ccc(C(=O)N3CCCN(CCCc4ccccc4)CC3)cc2c1C. The molecule has 152 valence electrons. The van der Waals surface area contributed by atoms with Gasteiger partial charge in [-0.1, -0.05) is 30.3 Å². The van der Waals surface area contributed by atoms with Crippen LogP contribution in [0.3, 0.4) is 0 Å². The van der Waals surface area contributed by atoms with Gasteiger partial charge >= 0.3 is 0 Å². The van der Waals surface area contributed by atoms with Gasteiger partial charge in [0, 0.05) is 41.8 Å². The quantitative estimate of drug-likeness (QED) is 0.694. The van der Waals surface area contributed by atoms with Crippen LogP contribution in [-0.2, 0) is 6.42 Å². The molecule has 1 aliphatic heterocycles. The number of fused-ring (bicyclic) bond motifs is 1. The third-order valence-corrected chi connectivity index (χ3v) is 6.21. The van der Waals surface area contributed by atoms with Crippen molar-refractivity contribution in [2.75, 3.05) is 32.7 Å². The fraction of sp³-hybridized carbons (Fsp3) is 0.400. The molecule has 0 aliphatic carbocycles. The van der Waals surface area contributed by atoms with Gasteiger partial charge in [-0.2, -0.15) is 0 Å². The molecule has 0 atom stereocenters. The molecule has 1 N–H and O–H groups in total. The Morgan fingerprint density at radius 2 is 1.83 bits per heavy atom. The van der Waals surface area contributed by atoms with Crippen LogP contribution in [0.1, 0.15) is 40.0 Å². The number of aromatic amines is 1. The average molecular weight is 390 g/mol. The number of carbonyl (C=O) groups is 1. The second kappa shape index (κ2) is 8.83. The van der Waals surface area contributed by atoms with Gasteiger partial charge in [0.2, 0.25) is 0 Å². The maximum absolute atomic E-state index is 13.1. The van der Waals surface area contributed by atoms with E-state index in [1.165, 1.54) is 23.2 Å². The first kappa shape index (κ1) is 19.7. The molecule has 2 aromatic carbocycles. The first-order chi connectivity index (χ1) is 14.1. The first-order valence-electron chi connectivity index (χ1n) is 10.8. The van der Waals surface area contributed by atoms with Gasteiger partial charge in [0.25, 0.3) is 5.91 Å². The molecule has 0 saturated carbocycles. The summed E-state index contributed by atoms with van der Waals surface area (Å²) in [6.07, 6.45) is 3.33. The zero-order valence-electron chi connectivity index (χ0n) is 17.6. The van der Waals surface area contributed by atoms with E-state index in [0.717, 1.165) is 62.0 Å². The lowest BCUT2D eigenvalue weighted by Crippen LogP contribution is -2.35. The molecule has 1 amide bonds. The summed E-state index contributed by atoms with van der Waals surface area (Å²) in [4.78, 5) is 21.1. The van der Waals surface area contributed by atoms with Crippen LogP contribution >= 0.6 is 0 Å². The molecule has 4 heteroatoms. The molecule has 1 fully saturated rings. The number of rotatable bonds is 5. The molecule has 1 aliphatic rings. The standard InChI is InChI=1S/C25H31N3O/c1-19-20(2)26-24-12-11-22(18-23(19)24)25(29)28-15-7-14-27(16-17-28)13-6-10-21-8-4-3-5-9-21/h3-5,8-9,11-12,18,26H,6-7,10,13-17H2,1-2H3. The number of amides is 1. The molecular weight excluding hydrogens is 358 g/mol. The number of carbonyl (C=O) groups excluding carboxylic acids is 1. The summed E-state index contributed by atoms with van der Waals surface area (Å²) in [6.45, 7) is 8.99. The van der Waals surface area contributed by atoms with Crippen molar-refractivity contribution in [2.24, 2.45) is 0 Å². The summed E-state index contributed by atoms with van der Waals surface area (Å²) >= 11 is 0. The Morgan fingerprint density at radius 1 is 1.00 bits per heavy atom.